The predicted octanol–water partition coefficient (Wildman–Crippen LogP) is 2.39. The van der Waals surface area contributed by atoms with E-state index in [-0.39, 0.29) is 5.54 Å². The second-order valence-electron chi connectivity index (χ2n) is 4.11. The van der Waals surface area contributed by atoms with Crippen molar-refractivity contribution in [2.45, 2.75) is 31.2 Å². The fraction of sp³-hybridized carbons (Fsp3) is 0.455. The normalized spacial score (nSPS) is 19.1. The van der Waals surface area contributed by atoms with Crippen molar-refractivity contribution >= 4 is 0 Å². The summed E-state index contributed by atoms with van der Waals surface area (Å²) in [5.74, 6) is -1.53. The molecule has 1 aliphatic rings. The highest BCUT2D eigenvalue weighted by Crippen LogP contribution is 2.33. The molecule has 2 rings (SSSR count). The number of nitrogens with two attached hydrogens (primary N) is 1. The standard InChI is InChI=1S/C11H13F2N/c12-9-4-1-3-8(10(9)13)7-11(14)5-2-6-11/h1,3-4H,2,5-7,14H2. The molecule has 0 unspecified atom stereocenters. The molecule has 0 radical (unpaired) electrons. The Morgan fingerprint density at radius 1 is 1.29 bits per heavy atom. The Morgan fingerprint density at radius 3 is 2.57 bits per heavy atom. The van der Waals surface area contributed by atoms with Gasteiger partial charge in [-0.15, -0.1) is 0 Å². The molecule has 76 valence electrons. The highest BCUT2D eigenvalue weighted by atomic mass is 19.2. The van der Waals surface area contributed by atoms with Crippen LogP contribution in [0.1, 0.15) is 24.8 Å². The molecule has 0 saturated heterocycles. The molecular formula is C11H13F2N. The van der Waals surface area contributed by atoms with E-state index in [1.54, 1.807) is 6.07 Å². The third-order valence-corrected chi connectivity index (χ3v) is 2.92. The maximum absolute atomic E-state index is 13.3. The summed E-state index contributed by atoms with van der Waals surface area (Å²) in [6, 6.07) is 4.25. The monoisotopic (exact) mass is 197 g/mol. The Morgan fingerprint density at radius 2 is 2.00 bits per heavy atom. The van der Waals surface area contributed by atoms with Gasteiger partial charge in [0, 0.05) is 5.54 Å². The van der Waals surface area contributed by atoms with Gasteiger partial charge in [-0.1, -0.05) is 12.1 Å². The van der Waals surface area contributed by atoms with Gasteiger partial charge in [0.15, 0.2) is 11.6 Å². The lowest BCUT2D eigenvalue weighted by Gasteiger charge is -2.38. The van der Waals surface area contributed by atoms with Gasteiger partial charge >= 0.3 is 0 Å². The highest BCUT2D eigenvalue weighted by molar-refractivity contribution is 5.22. The van der Waals surface area contributed by atoms with Crippen molar-refractivity contribution in [3.05, 3.63) is 35.4 Å². The number of hydrogen-bond donors (Lipinski definition) is 1. The number of hydrogen-bond acceptors (Lipinski definition) is 1. The van der Waals surface area contributed by atoms with E-state index in [0.29, 0.717) is 12.0 Å². The molecular weight excluding hydrogens is 184 g/mol. The molecule has 2 N–H and O–H groups in total. The summed E-state index contributed by atoms with van der Waals surface area (Å²) in [4.78, 5) is 0. The molecule has 1 saturated carbocycles. The predicted molar refractivity (Wildman–Crippen MR) is 50.8 cm³/mol. The van der Waals surface area contributed by atoms with E-state index in [4.69, 9.17) is 5.73 Å². The zero-order valence-corrected chi connectivity index (χ0v) is 7.89. The Kier molecular flexibility index (Phi) is 2.27. The molecule has 0 bridgehead atoms. The van der Waals surface area contributed by atoms with E-state index >= 15 is 0 Å². The summed E-state index contributed by atoms with van der Waals surface area (Å²) in [6.07, 6.45) is 3.34. The molecule has 0 amide bonds. The van der Waals surface area contributed by atoms with Crippen LogP contribution in [0.15, 0.2) is 18.2 Å². The molecule has 1 nitrogen and oxygen atoms in total. The maximum Gasteiger partial charge on any atom is 0.162 e. The van der Waals surface area contributed by atoms with Gasteiger partial charge in [0.2, 0.25) is 0 Å². The fourth-order valence-electron chi connectivity index (χ4n) is 1.87. The molecule has 3 heteroatoms. The molecule has 1 fully saturated rings. The van der Waals surface area contributed by atoms with E-state index in [1.807, 2.05) is 0 Å². The number of halogens is 2. The third-order valence-electron chi connectivity index (χ3n) is 2.92. The minimum atomic E-state index is -0.787. The molecule has 0 heterocycles. The van der Waals surface area contributed by atoms with Gasteiger partial charge in [0.25, 0.3) is 0 Å². The lowest BCUT2D eigenvalue weighted by molar-refractivity contribution is 0.244. The quantitative estimate of drug-likeness (QED) is 0.774. The van der Waals surface area contributed by atoms with Crippen molar-refractivity contribution in [2.75, 3.05) is 0 Å². The Balaban J connectivity index is 2.20. The van der Waals surface area contributed by atoms with Crippen LogP contribution in [0.5, 0.6) is 0 Å². The van der Waals surface area contributed by atoms with E-state index in [0.717, 1.165) is 25.3 Å². The fourth-order valence-corrected chi connectivity index (χ4v) is 1.87. The van der Waals surface area contributed by atoms with Crippen LogP contribution in [-0.4, -0.2) is 5.54 Å². The molecule has 1 aliphatic carbocycles. The zero-order valence-electron chi connectivity index (χ0n) is 7.89. The SMILES string of the molecule is NC1(Cc2cccc(F)c2F)CCC1. The lowest BCUT2D eigenvalue weighted by atomic mass is 9.74. The molecule has 1 aromatic carbocycles. The van der Waals surface area contributed by atoms with Crippen LogP contribution in [0.2, 0.25) is 0 Å². The minimum absolute atomic E-state index is 0.297. The molecule has 0 aromatic heterocycles. The Labute approximate surface area is 81.9 Å². The van der Waals surface area contributed by atoms with Gasteiger partial charge in [-0.3, -0.25) is 0 Å². The van der Waals surface area contributed by atoms with Crippen molar-refractivity contribution in [3.63, 3.8) is 0 Å². The van der Waals surface area contributed by atoms with Gasteiger partial charge in [-0.25, -0.2) is 8.78 Å². The first-order valence-electron chi connectivity index (χ1n) is 4.82. The maximum atomic E-state index is 13.3. The van der Waals surface area contributed by atoms with Crippen LogP contribution in [0.3, 0.4) is 0 Å². The largest absolute Gasteiger partial charge is 0.325 e. The Bertz CT molecular complexity index is 345. The average Bonchev–Trinajstić information content (AvgIpc) is 2.10. The Hall–Kier alpha value is -0.960. The van der Waals surface area contributed by atoms with Crippen molar-refractivity contribution in [1.82, 2.24) is 0 Å². The summed E-state index contributed by atoms with van der Waals surface area (Å²) in [5.41, 5.74) is 6.06. The average molecular weight is 197 g/mol. The van der Waals surface area contributed by atoms with Crippen LogP contribution in [0, 0.1) is 11.6 Å². The van der Waals surface area contributed by atoms with Gasteiger partial charge in [-0.05, 0) is 37.3 Å². The van der Waals surface area contributed by atoms with E-state index in [9.17, 15) is 8.78 Å². The summed E-state index contributed by atoms with van der Waals surface area (Å²) in [7, 11) is 0. The van der Waals surface area contributed by atoms with Crippen molar-refractivity contribution in [3.8, 4) is 0 Å². The highest BCUT2D eigenvalue weighted by Gasteiger charge is 2.33. The lowest BCUT2D eigenvalue weighted by Crippen LogP contribution is -2.48. The van der Waals surface area contributed by atoms with Crippen molar-refractivity contribution in [2.24, 2.45) is 5.73 Å². The second-order valence-corrected chi connectivity index (χ2v) is 4.11. The van der Waals surface area contributed by atoms with Gasteiger partial charge < -0.3 is 5.73 Å². The van der Waals surface area contributed by atoms with Gasteiger partial charge in [0.05, 0.1) is 0 Å². The molecule has 14 heavy (non-hydrogen) atoms. The minimum Gasteiger partial charge on any atom is -0.325 e. The van der Waals surface area contributed by atoms with Crippen molar-refractivity contribution < 1.29 is 8.78 Å². The number of rotatable bonds is 2. The number of benzene rings is 1. The molecule has 1 aromatic rings. The molecule has 0 atom stereocenters. The smallest absolute Gasteiger partial charge is 0.162 e. The second kappa shape index (κ2) is 3.31. The summed E-state index contributed by atoms with van der Waals surface area (Å²) in [5, 5.41) is 0. The first kappa shape index (κ1) is 9.59. The molecule has 0 aliphatic heterocycles. The van der Waals surface area contributed by atoms with Crippen LogP contribution in [0.4, 0.5) is 8.78 Å². The van der Waals surface area contributed by atoms with Crippen molar-refractivity contribution in [1.29, 1.82) is 0 Å². The summed E-state index contributed by atoms with van der Waals surface area (Å²) in [6.45, 7) is 0. The molecule has 0 spiro atoms. The van der Waals surface area contributed by atoms with Gasteiger partial charge in [0.1, 0.15) is 0 Å². The topological polar surface area (TPSA) is 26.0 Å². The van der Waals surface area contributed by atoms with Crippen LogP contribution >= 0.6 is 0 Å². The van der Waals surface area contributed by atoms with E-state index in [2.05, 4.69) is 0 Å². The van der Waals surface area contributed by atoms with E-state index in [1.165, 1.54) is 6.07 Å². The van der Waals surface area contributed by atoms with Gasteiger partial charge in [-0.2, -0.15) is 0 Å². The first-order valence-corrected chi connectivity index (χ1v) is 4.82. The first-order chi connectivity index (χ1) is 6.61. The van der Waals surface area contributed by atoms with Crippen LogP contribution in [-0.2, 0) is 6.42 Å². The third kappa shape index (κ3) is 1.64. The summed E-state index contributed by atoms with van der Waals surface area (Å²) >= 11 is 0. The van der Waals surface area contributed by atoms with Crippen LogP contribution < -0.4 is 5.73 Å². The van der Waals surface area contributed by atoms with Crippen LogP contribution in [0.25, 0.3) is 0 Å². The summed E-state index contributed by atoms with van der Waals surface area (Å²) < 4.78 is 26.1. The zero-order chi connectivity index (χ0) is 10.2. The van der Waals surface area contributed by atoms with E-state index < -0.39 is 11.6 Å².